The minimum absolute atomic E-state index is 0.269. The molecular formula is C20H18ClFN4O. The summed E-state index contributed by atoms with van der Waals surface area (Å²) < 4.78 is 12.9. The van der Waals surface area contributed by atoms with Crippen LogP contribution in [0.15, 0.2) is 60.8 Å². The van der Waals surface area contributed by atoms with E-state index in [4.69, 9.17) is 11.6 Å². The molecule has 0 aliphatic carbocycles. The molecule has 27 heavy (non-hydrogen) atoms. The monoisotopic (exact) mass is 384 g/mol. The smallest absolute Gasteiger partial charge is 0.270 e. The lowest BCUT2D eigenvalue weighted by Gasteiger charge is -2.08. The molecule has 0 spiro atoms. The molecule has 0 aliphatic heterocycles. The molecule has 0 unspecified atom stereocenters. The third-order valence-corrected chi connectivity index (χ3v) is 4.26. The first-order valence-corrected chi connectivity index (χ1v) is 8.82. The first-order chi connectivity index (χ1) is 13.1. The molecule has 7 heteroatoms. The molecule has 5 nitrogen and oxygen atoms in total. The van der Waals surface area contributed by atoms with Crippen molar-refractivity contribution in [2.24, 2.45) is 0 Å². The summed E-state index contributed by atoms with van der Waals surface area (Å²) >= 11 is 6.12. The number of aromatic nitrogens is 2. The fourth-order valence-corrected chi connectivity index (χ4v) is 2.65. The molecule has 0 saturated heterocycles. The van der Waals surface area contributed by atoms with Gasteiger partial charge in [0.05, 0.1) is 0 Å². The first kappa shape index (κ1) is 18.8. The van der Waals surface area contributed by atoms with Crippen molar-refractivity contribution in [1.29, 1.82) is 0 Å². The molecule has 138 valence electrons. The van der Waals surface area contributed by atoms with E-state index < -0.39 is 0 Å². The van der Waals surface area contributed by atoms with Crippen LogP contribution in [0.1, 0.15) is 21.6 Å². The van der Waals surface area contributed by atoms with Crippen LogP contribution in [0.3, 0.4) is 0 Å². The van der Waals surface area contributed by atoms with Gasteiger partial charge in [-0.25, -0.2) is 14.4 Å². The van der Waals surface area contributed by atoms with Gasteiger partial charge in [0.15, 0.2) is 0 Å². The largest absolute Gasteiger partial charge is 0.350 e. The SMILES string of the molecule is O=C(NCCc1ccc(F)cc1)c1ccnc(NCc2ccccc2Cl)n1. The topological polar surface area (TPSA) is 66.9 Å². The summed E-state index contributed by atoms with van der Waals surface area (Å²) in [6.07, 6.45) is 2.13. The van der Waals surface area contributed by atoms with Gasteiger partial charge in [-0.05, 0) is 41.8 Å². The van der Waals surface area contributed by atoms with Gasteiger partial charge in [-0.2, -0.15) is 0 Å². The Morgan fingerprint density at radius 3 is 2.63 bits per heavy atom. The van der Waals surface area contributed by atoms with Crippen LogP contribution < -0.4 is 10.6 Å². The van der Waals surface area contributed by atoms with E-state index in [1.807, 2.05) is 24.3 Å². The minimum atomic E-state index is -0.291. The summed E-state index contributed by atoms with van der Waals surface area (Å²) in [6.45, 7) is 0.881. The van der Waals surface area contributed by atoms with Crippen molar-refractivity contribution in [3.05, 3.63) is 88.5 Å². The zero-order valence-corrected chi connectivity index (χ0v) is 15.2. The number of halogens is 2. The first-order valence-electron chi connectivity index (χ1n) is 8.45. The predicted octanol–water partition coefficient (Wildman–Crippen LogP) is 3.85. The maximum Gasteiger partial charge on any atom is 0.270 e. The van der Waals surface area contributed by atoms with Gasteiger partial charge in [-0.3, -0.25) is 4.79 Å². The summed E-state index contributed by atoms with van der Waals surface area (Å²) in [5, 5.41) is 6.51. The zero-order valence-electron chi connectivity index (χ0n) is 14.5. The summed E-state index contributed by atoms with van der Waals surface area (Å²) in [4.78, 5) is 20.6. The molecule has 3 aromatic rings. The third kappa shape index (κ3) is 5.49. The number of hydrogen-bond acceptors (Lipinski definition) is 4. The van der Waals surface area contributed by atoms with Crippen molar-refractivity contribution in [3.8, 4) is 0 Å². The Morgan fingerprint density at radius 1 is 1.07 bits per heavy atom. The van der Waals surface area contributed by atoms with Crippen LogP contribution in [0, 0.1) is 5.82 Å². The van der Waals surface area contributed by atoms with Crippen LogP contribution in [0.5, 0.6) is 0 Å². The van der Waals surface area contributed by atoms with E-state index in [1.54, 1.807) is 18.2 Å². The molecule has 3 rings (SSSR count). The highest BCUT2D eigenvalue weighted by Crippen LogP contribution is 2.15. The minimum Gasteiger partial charge on any atom is -0.350 e. The molecule has 0 bridgehead atoms. The highest BCUT2D eigenvalue weighted by atomic mass is 35.5. The lowest BCUT2D eigenvalue weighted by molar-refractivity contribution is 0.0949. The van der Waals surface area contributed by atoms with Gasteiger partial charge in [0.25, 0.3) is 5.91 Å². The fourth-order valence-electron chi connectivity index (χ4n) is 2.45. The standard InChI is InChI=1S/C20H18ClFN4O/c21-17-4-2-1-3-15(17)13-25-20-24-12-10-18(26-20)19(27)23-11-9-14-5-7-16(22)8-6-14/h1-8,10,12H,9,11,13H2,(H,23,27)(H,24,25,26). The van der Waals surface area contributed by atoms with Crippen molar-refractivity contribution in [2.75, 3.05) is 11.9 Å². The maximum absolute atomic E-state index is 12.9. The molecule has 1 amide bonds. The summed E-state index contributed by atoms with van der Waals surface area (Å²) in [5.41, 5.74) is 2.13. The number of nitrogens with zero attached hydrogens (tertiary/aromatic N) is 2. The summed E-state index contributed by atoms with van der Waals surface area (Å²) in [6, 6.07) is 15.2. The number of rotatable bonds is 7. The average Bonchev–Trinajstić information content (AvgIpc) is 2.69. The molecule has 2 aromatic carbocycles. The van der Waals surface area contributed by atoms with E-state index in [-0.39, 0.29) is 17.4 Å². The molecule has 0 radical (unpaired) electrons. The number of amides is 1. The number of carbonyl (C=O) groups is 1. The van der Waals surface area contributed by atoms with Crippen molar-refractivity contribution >= 4 is 23.5 Å². The normalized spacial score (nSPS) is 10.4. The van der Waals surface area contributed by atoms with E-state index >= 15 is 0 Å². The van der Waals surface area contributed by atoms with Crippen LogP contribution in [-0.4, -0.2) is 22.4 Å². The Kier molecular flexibility index (Phi) is 6.33. The Morgan fingerprint density at radius 2 is 1.85 bits per heavy atom. The van der Waals surface area contributed by atoms with Gasteiger partial charge < -0.3 is 10.6 Å². The average molecular weight is 385 g/mol. The van der Waals surface area contributed by atoms with Gasteiger partial charge in [0.1, 0.15) is 11.5 Å². The second-order valence-corrected chi connectivity index (χ2v) is 6.25. The van der Waals surface area contributed by atoms with E-state index in [1.165, 1.54) is 18.3 Å². The molecule has 0 fully saturated rings. The predicted molar refractivity (Wildman–Crippen MR) is 103 cm³/mol. The zero-order chi connectivity index (χ0) is 19.1. The molecule has 1 aromatic heterocycles. The highest BCUT2D eigenvalue weighted by Gasteiger charge is 2.09. The van der Waals surface area contributed by atoms with Gasteiger partial charge in [0, 0.05) is 24.3 Å². The Labute approximate surface area is 161 Å². The van der Waals surface area contributed by atoms with E-state index in [9.17, 15) is 9.18 Å². The molecule has 0 atom stereocenters. The van der Waals surface area contributed by atoms with Gasteiger partial charge in [-0.1, -0.05) is 41.9 Å². The molecule has 1 heterocycles. The van der Waals surface area contributed by atoms with E-state index in [0.29, 0.717) is 30.5 Å². The van der Waals surface area contributed by atoms with E-state index in [0.717, 1.165) is 11.1 Å². The third-order valence-electron chi connectivity index (χ3n) is 3.90. The van der Waals surface area contributed by atoms with E-state index in [2.05, 4.69) is 20.6 Å². The van der Waals surface area contributed by atoms with Crippen LogP contribution >= 0.6 is 11.6 Å². The number of hydrogen-bond donors (Lipinski definition) is 2. The second-order valence-electron chi connectivity index (χ2n) is 5.84. The number of nitrogens with one attached hydrogen (secondary N) is 2. The Bertz CT molecular complexity index is 918. The lowest BCUT2D eigenvalue weighted by Crippen LogP contribution is -2.26. The lowest BCUT2D eigenvalue weighted by atomic mass is 10.1. The van der Waals surface area contributed by atoms with Gasteiger partial charge in [0.2, 0.25) is 5.95 Å². The Balaban J connectivity index is 1.53. The number of carbonyl (C=O) groups excluding carboxylic acids is 1. The van der Waals surface area contributed by atoms with Crippen molar-refractivity contribution in [1.82, 2.24) is 15.3 Å². The van der Waals surface area contributed by atoms with Crippen molar-refractivity contribution < 1.29 is 9.18 Å². The molecule has 0 saturated carbocycles. The van der Waals surface area contributed by atoms with Crippen molar-refractivity contribution in [2.45, 2.75) is 13.0 Å². The van der Waals surface area contributed by atoms with Crippen LogP contribution in [0.4, 0.5) is 10.3 Å². The summed E-state index contributed by atoms with van der Waals surface area (Å²) in [7, 11) is 0. The highest BCUT2D eigenvalue weighted by molar-refractivity contribution is 6.31. The van der Waals surface area contributed by atoms with Crippen LogP contribution in [0.2, 0.25) is 5.02 Å². The van der Waals surface area contributed by atoms with Crippen molar-refractivity contribution in [3.63, 3.8) is 0 Å². The van der Waals surface area contributed by atoms with Gasteiger partial charge >= 0.3 is 0 Å². The number of benzene rings is 2. The fraction of sp³-hybridized carbons (Fsp3) is 0.150. The summed E-state index contributed by atoms with van der Waals surface area (Å²) in [5.74, 6) is -0.220. The second kappa shape index (κ2) is 9.09. The molecule has 2 N–H and O–H groups in total. The van der Waals surface area contributed by atoms with Crippen LogP contribution in [0.25, 0.3) is 0 Å². The Hall–Kier alpha value is -2.99. The molecular weight excluding hydrogens is 367 g/mol. The number of anilines is 1. The maximum atomic E-state index is 12.9. The van der Waals surface area contributed by atoms with Gasteiger partial charge in [-0.15, -0.1) is 0 Å². The molecule has 0 aliphatic rings. The quantitative estimate of drug-likeness (QED) is 0.649. The van der Waals surface area contributed by atoms with Crippen LogP contribution in [-0.2, 0) is 13.0 Å².